The molecule has 10 nitrogen and oxygen atoms in total. The van der Waals surface area contributed by atoms with Gasteiger partial charge >= 0.3 is 0 Å². The van der Waals surface area contributed by atoms with Gasteiger partial charge in [-0.2, -0.15) is 0 Å². The number of hydrogen-bond donors (Lipinski definition) is 3. The maximum atomic E-state index is 13.3. The Hall–Kier alpha value is -3.74. The summed E-state index contributed by atoms with van der Waals surface area (Å²) in [5.74, 6) is 0.441. The lowest BCUT2D eigenvalue weighted by molar-refractivity contribution is -0.118. The van der Waals surface area contributed by atoms with E-state index in [-0.39, 0.29) is 17.7 Å². The fraction of sp³-hybridized carbons (Fsp3) is 0.200. The van der Waals surface area contributed by atoms with Gasteiger partial charge in [0.2, 0.25) is 26.0 Å². The minimum Gasteiger partial charge on any atom is -0.497 e. The number of nitrogens with one attached hydrogen (secondary N) is 3. The number of ether oxygens (including phenoxy) is 1. The van der Waals surface area contributed by atoms with E-state index in [4.69, 9.17) is 4.74 Å². The Labute approximate surface area is 214 Å². The second kappa shape index (κ2) is 9.61. The summed E-state index contributed by atoms with van der Waals surface area (Å²) in [6.07, 6.45) is 0.106. The first-order valence-corrected chi connectivity index (χ1v) is 14.4. The van der Waals surface area contributed by atoms with Crippen molar-refractivity contribution in [1.82, 2.24) is 19.4 Å². The number of para-hydroxylation sites is 2. The minimum absolute atomic E-state index is 0.0772. The van der Waals surface area contributed by atoms with Crippen LogP contribution in [0.2, 0.25) is 0 Å². The van der Waals surface area contributed by atoms with Gasteiger partial charge < -0.3 is 9.72 Å². The van der Waals surface area contributed by atoms with E-state index in [0.717, 1.165) is 11.1 Å². The molecule has 1 saturated heterocycles. The number of amides is 1. The number of nitrogens with zero attached hydrogens (tertiary/aromatic N) is 1. The smallest absolute Gasteiger partial charge is 0.242 e. The normalized spacial score (nSPS) is 18.0. The Morgan fingerprint density at radius 2 is 1.76 bits per heavy atom. The largest absolute Gasteiger partial charge is 0.497 e. The number of carbonyl (C=O) groups is 1. The molecule has 1 aromatic heterocycles. The third-order valence-corrected chi connectivity index (χ3v) is 9.39. The molecule has 2 heterocycles. The van der Waals surface area contributed by atoms with Crippen molar-refractivity contribution in [3.63, 3.8) is 0 Å². The highest BCUT2D eigenvalue weighted by molar-refractivity contribution is 7.90. The van der Waals surface area contributed by atoms with Crippen molar-refractivity contribution in [2.75, 3.05) is 7.11 Å². The summed E-state index contributed by atoms with van der Waals surface area (Å²) in [5.41, 5.74) is 2.71. The van der Waals surface area contributed by atoms with E-state index in [1.807, 2.05) is 29.0 Å². The topological polar surface area (TPSA) is 147 Å². The van der Waals surface area contributed by atoms with Crippen LogP contribution in [-0.2, 0) is 31.3 Å². The summed E-state index contributed by atoms with van der Waals surface area (Å²) in [6, 6.07) is 19.4. The summed E-state index contributed by atoms with van der Waals surface area (Å²) in [5, 5.41) is -0.950. The third-order valence-electron chi connectivity index (χ3n) is 6.20. The molecular formula is C25H24N4O6S2. The number of H-pyrrole nitrogens is 1. The number of fused-ring (bicyclic) bond motifs is 1. The average Bonchev–Trinajstić information content (AvgIpc) is 3.43. The number of carbonyl (C=O) groups excluding carboxylic acids is 1. The Morgan fingerprint density at radius 1 is 1.05 bits per heavy atom. The van der Waals surface area contributed by atoms with Gasteiger partial charge in [-0.05, 0) is 53.9 Å². The van der Waals surface area contributed by atoms with Crippen LogP contribution in [0.5, 0.6) is 5.75 Å². The maximum absolute atomic E-state index is 13.3. The summed E-state index contributed by atoms with van der Waals surface area (Å²) < 4.78 is 60.8. The molecule has 12 heteroatoms. The molecule has 192 valence electrons. The van der Waals surface area contributed by atoms with Crippen LogP contribution in [0.1, 0.15) is 34.7 Å². The highest BCUT2D eigenvalue weighted by Crippen LogP contribution is 2.31. The van der Waals surface area contributed by atoms with E-state index in [2.05, 4.69) is 14.7 Å². The third kappa shape index (κ3) is 5.22. The van der Waals surface area contributed by atoms with Gasteiger partial charge in [0.1, 0.15) is 16.8 Å². The molecule has 1 aliphatic heterocycles. The van der Waals surface area contributed by atoms with Crippen molar-refractivity contribution < 1.29 is 26.4 Å². The standard InChI is InChI=1S/C25H24N4O6S2/c1-35-18-10-12-19(13-11-18)36(31,32)28-22(25-26-20-4-2-3-5-21(20)27-25)14-16-6-8-17(9-7-16)23-15-24(30)29-37(23,33)34/h2-13,22-23,28H,14-15H2,1H3,(H,26,27)(H,29,30). The molecule has 0 aliphatic carbocycles. The van der Waals surface area contributed by atoms with Crippen molar-refractivity contribution in [1.29, 1.82) is 0 Å². The zero-order chi connectivity index (χ0) is 26.2. The summed E-state index contributed by atoms with van der Waals surface area (Å²) in [7, 11) is -6.18. The molecule has 0 saturated carbocycles. The molecule has 3 aromatic carbocycles. The first-order chi connectivity index (χ1) is 17.6. The number of aromatic amines is 1. The highest BCUT2D eigenvalue weighted by Gasteiger charge is 2.37. The van der Waals surface area contributed by atoms with Crippen LogP contribution in [0.3, 0.4) is 0 Å². The monoisotopic (exact) mass is 540 g/mol. The van der Waals surface area contributed by atoms with Gasteiger partial charge in [0.15, 0.2) is 0 Å². The van der Waals surface area contributed by atoms with Crippen molar-refractivity contribution >= 4 is 37.0 Å². The van der Waals surface area contributed by atoms with E-state index < -0.39 is 37.2 Å². The van der Waals surface area contributed by atoms with Crippen molar-refractivity contribution in [3.8, 4) is 5.75 Å². The Kier molecular flexibility index (Phi) is 6.48. The SMILES string of the molecule is COc1ccc(S(=O)(=O)NC(Cc2ccc(C3CC(=O)NS3(=O)=O)cc2)c2nc3ccccc3[nH]2)cc1. The van der Waals surface area contributed by atoms with Crippen LogP contribution in [-0.4, -0.2) is 39.8 Å². The minimum atomic E-state index is -3.92. The molecule has 1 amide bonds. The molecule has 2 atom stereocenters. The van der Waals surface area contributed by atoms with Crippen LogP contribution < -0.4 is 14.2 Å². The Bertz CT molecular complexity index is 1630. The Morgan fingerprint density at radius 3 is 2.38 bits per heavy atom. The summed E-state index contributed by atoms with van der Waals surface area (Å²) in [4.78, 5) is 19.5. The quantitative estimate of drug-likeness (QED) is 0.311. The predicted octanol–water partition coefficient (Wildman–Crippen LogP) is 2.72. The van der Waals surface area contributed by atoms with E-state index in [1.54, 1.807) is 36.4 Å². The molecule has 0 radical (unpaired) electrons. The van der Waals surface area contributed by atoms with Gasteiger partial charge in [0.05, 0.1) is 35.5 Å². The number of aromatic nitrogens is 2. The van der Waals surface area contributed by atoms with E-state index >= 15 is 0 Å². The molecule has 0 spiro atoms. The molecule has 2 unspecified atom stereocenters. The van der Waals surface area contributed by atoms with Gasteiger partial charge in [0, 0.05) is 0 Å². The fourth-order valence-corrected chi connectivity index (χ4v) is 6.92. The van der Waals surface area contributed by atoms with Crippen LogP contribution in [0, 0.1) is 0 Å². The van der Waals surface area contributed by atoms with Gasteiger partial charge in [0.25, 0.3) is 0 Å². The summed E-state index contributed by atoms with van der Waals surface area (Å²) >= 11 is 0. The highest BCUT2D eigenvalue weighted by atomic mass is 32.2. The van der Waals surface area contributed by atoms with Crippen LogP contribution >= 0.6 is 0 Å². The Balaban J connectivity index is 1.45. The number of sulfonamides is 2. The van der Waals surface area contributed by atoms with Crippen molar-refractivity contribution in [2.45, 2.75) is 29.0 Å². The molecular weight excluding hydrogens is 516 g/mol. The lowest BCUT2D eigenvalue weighted by Gasteiger charge is -2.18. The predicted molar refractivity (Wildman–Crippen MR) is 137 cm³/mol. The lowest BCUT2D eigenvalue weighted by atomic mass is 10.0. The number of rotatable bonds is 8. The molecule has 5 rings (SSSR count). The lowest BCUT2D eigenvalue weighted by Crippen LogP contribution is -2.31. The maximum Gasteiger partial charge on any atom is 0.242 e. The number of methoxy groups -OCH3 is 1. The van der Waals surface area contributed by atoms with Crippen LogP contribution in [0.4, 0.5) is 0 Å². The van der Waals surface area contributed by atoms with E-state index in [0.29, 0.717) is 22.7 Å². The van der Waals surface area contributed by atoms with Gasteiger partial charge in [-0.25, -0.2) is 26.5 Å². The first-order valence-electron chi connectivity index (χ1n) is 11.4. The molecule has 4 aromatic rings. The molecule has 3 N–H and O–H groups in total. The second-order valence-electron chi connectivity index (χ2n) is 8.70. The first kappa shape index (κ1) is 24.9. The molecule has 37 heavy (non-hydrogen) atoms. The van der Waals surface area contributed by atoms with Crippen LogP contribution in [0.15, 0.2) is 77.7 Å². The molecule has 0 bridgehead atoms. The summed E-state index contributed by atoms with van der Waals surface area (Å²) in [6.45, 7) is 0. The zero-order valence-electron chi connectivity index (χ0n) is 19.7. The second-order valence-corrected chi connectivity index (χ2v) is 12.3. The fourth-order valence-electron chi connectivity index (χ4n) is 4.29. The van der Waals surface area contributed by atoms with Gasteiger partial charge in [-0.1, -0.05) is 36.4 Å². The van der Waals surface area contributed by atoms with E-state index in [9.17, 15) is 21.6 Å². The van der Waals surface area contributed by atoms with Gasteiger partial charge in [-0.3, -0.25) is 9.52 Å². The zero-order valence-corrected chi connectivity index (χ0v) is 21.3. The van der Waals surface area contributed by atoms with Gasteiger partial charge in [-0.15, -0.1) is 0 Å². The number of hydrogen-bond acceptors (Lipinski definition) is 7. The number of imidazole rings is 1. The number of benzene rings is 3. The average molecular weight is 541 g/mol. The van der Waals surface area contributed by atoms with Crippen molar-refractivity contribution in [2.24, 2.45) is 0 Å². The van der Waals surface area contributed by atoms with Crippen molar-refractivity contribution in [3.05, 3.63) is 89.7 Å². The molecule has 1 fully saturated rings. The van der Waals surface area contributed by atoms with Crippen LogP contribution in [0.25, 0.3) is 11.0 Å². The van der Waals surface area contributed by atoms with E-state index in [1.165, 1.54) is 19.2 Å². The molecule has 1 aliphatic rings.